The molecular formula is C18H17ClFNO4S. The second-order valence-corrected chi connectivity index (χ2v) is 8.04. The fourth-order valence-electron chi connectivity index (χ4n) is 3.14. The fourth-order valence-corrected chi connectivity index (χ4v) is 4.54. The standard InChI is InChI=1S/C18H17ClFNO4S/c1-25-18(22)16-12-6-3-2-5-11(12)9-10-14(16)21-26(23,24)15-8-4-7-13(19)17(15)20/h4,7-10,21H,2-3,5-6H2,1H3. The Morgan fingerprint density at radius 1 is 1.19 bits per heavy atom. The van der Waals surface area contributed by atoms with Crippen LogP contribution in [0.2, 0.25) is 5.02 Å². The molecular weight excluding hydrogens is 381 g/mol. The number of methoxy groups -OCH3 is 1. The molecule has 0 amide bonds. The first-order chi connectivity index (χ1) is 12.3. The summed E-state index contributed by atoms with van der Waals surface area (Å²) in [6, 6.07) is 7.01. The summed E-state index contributed by atoms with van der Waals surface area (Å²) in [6.45, 7) is 0. The van der Waals surface area contributed by atoms with Gasteiger partial charge in [-0.05, 0) is 55.0 Å². The summed E-state index contributed by atoms with van der Waals surface area (Å²) in [5.41, 5.74) is 2.01. The number of hydrogen-bond donors (Lipinski definition) is 1. The molecule has 0 spiro atoms. The van der Waals surface area contributed by atoms with Crippen molar-refractivity contribution in [3.63, 3.8) is 0 Å². The number of nitrogens with one attached hydrogen (secondary N) is 1. The second-order valence-electron chi connectivity index (χ2n) is 5.98. The van der Waals surface area contributed by atoms with Crippen molar-refractivity contribution < 1.29 is 22.3 Å². The first kappa shape index (κ1) is 18.7. The molecule has 0 saturated heterocycles. The van der Waals surface area contributed by atoms with Gasteiger partial charge in [0.25, 0.3) is 10.0 Å². The highest BCUT2D eigenvalue weighted by Gasteiger charge is 2.27. The number of carbonyl (C=O) groups is 1. The van der Waals surface area contributed by atoms with E-state index in [1.165, 1.54) is 25.3 Å². The van der Waals surface area contributed by atoms with E-state index >= 15 is 0 Å². The highest BCUT2D eigenvalue weighted by atomic mass is 35.5. The number of anilines is 1. The molecule has 2 aromatic rings. The molecule has 8 heteroatoms. The number of hydrogen-bond acceptors (Lipinski definition) is 4. The van der Waals surface area contributed by atoms with Gasteiger partial charge in [0.05, 0.1) is 23.4 Å². The Bertz CT molecular complexity index is 975. The van der Waals surface area contributed by atoms with Crippen molar-refractivity contribution in [3.05, 3.63) is 57.9 Å². The Hall–Kier alpha value is -2.12. The van der Waals surface area contributed by atoms with Gasteiger partial charge in [0, 0.05) is 0 Å². The van der Waals surface area contributed by atoms with Crippen molar-refractivity contribution >= 4 is 33.3 Å². The fraction of sp³-hybridized carbons (Fsp3) is 0.278. The molecule has 0 aromatic heterocycles. The molecule has 0 aliphatic heterocycles. The highest BCUT2D eigenvalue weighted by molar-refractivity contribution is 7.92. The van der Waals surface area contributed by atoms with E-state index in [4.69, 9.17) is 16.3 Å². The van der Waals surface area contributed by atoms with Gasteiger partial charge < -0.3 is 4.74 Å². The van der Waals surface area contributed by atoms with Crippen molar-refractivity contribution in [2.45, 2.75) is 30.6 Å². The predicted molar refractivity (Wildman–Crippen MR) is 96.6 cm³/mol. The minimum atomic E-state index is -4.27. The average Bonchev–Trinajstić information content (AvgIpc) is 2.62. The Morgan fingerprint density at radius 3 is 2.65 bits per heavy atom. The zero-order chi connectivity index (χ0) is 18.9. The molecule has 0 unspecified atom stereocenters. The summed E-state index contributed by atoms with van der Waals surface area (Å²) >= 11 is 5.68. The van der Waals surface area contributed by atoms with E-state index in [9.17, 15) is 17.6 Å². The molecule has 26 heavy (non-hydrogen) atoms. The molecule has 5 nitrogen and oxygen atoms in total. The largest absolute Gasteiger partial charge is 0.465 e. The number of esters is 1. The molecule has 1 aliphatic rings. The van der Waals surface area contributed by atoms with Crippen LogP contribution in [0.1, 0.15) is 34.3 Å². The number of fused-ring (bicyclic) bond motifs is 1. The molecule has 1 aliphatic carbocycles. The van der Waals surface area contributed by atoms with Crippen LogP contribution in [0, 0.1) is 5.82 Å². The van der Waals surface area contributed by atoms with E-state index in [1.54, 1.807) is 6.07 Å². The van der Waals surface area contributed by atoms with Gasteiger partial charge in [0.15, 0.2) is 5.82 Å². The number of rotatable bonds is 4. The third kappa shape index (κ3) is 3.41. The van der Waals surface area contributed by atoms with Gasteiger partial charge in [0.1, 0.15) is 4.90 Å². The van der Waals surface area contributed by atoms with Crippen LogP contribution in [0.25, 0.3) is 0 Å². The van der Waals surface area contributed by atoms with E-state index in [0.29, 0.717) is 6.42 Å². The number of benzene rings is 2. The van der Waals surface area contributed by atoms with Crippen LogP contribution >= 0.6 is 11.6 Å². The number of carbonyl (C=O) groups excluding carboxylic acids is 1. The van der Waals surface area contributed by atoms with E-state index in [0.717, 1.165) is 36.5 Å². The van der Waals surface area contributed by atoms with Crippen LogP contribution in [0.15, 0.2) is 35.2 Å². The summed E-state index contributed by atoms with van der Waals surface area (Å²) in [5, 5.41) is -0.300. The highest BCUT2D eigenvalue weighted by Crippen LogP contribution is 2.32. The van der Waals surface area contributed by atoms with Gasteiger partial charge in [-0.3, -0.25) is 4.72 Å². The van der Waals surface area contributed by atoms with Gasteiger partial charge >= 0.3 is 5.97 Å². The Kier molecular flexibility index (Phi) is 5.20. The Labute approximate surface area is 156 Å². The number of sulfonamides is 1. The third-order valence-corrected chi connectivity index (χ3v) is 6.05. The molecule has 3 rings (SSSR count). The monoisotopic (exact) mass is 397 g/mol. The number of ether oxygens (including phenoxy) is 1. The summed E-state index contributed by atoms with van der Waals surface area (Å²) in [6.07, 6.45) is 3.37. The maximum absolute atomic E-state index is 14.2. The number of aryl methyl sites for hydroxylation is 1. The average molecular weight is 398 g/mol. The van der Waals surface area contributed by atoms with Crippen molar-refractivity contribution in [2.24, 2.45) is 0 Å². The van der Waals surface area contributed by atoms with Crippen molar-refractivity contribution in [1.29, 1.82) is 0 Å². The van der Waals surface area contributed by atoms with Gasteiger partial charge in [-0.25, -0.2) is 17.6 Å². The van der Waals surface area contributed by atoms with E-state index < -0.39 is 26.7 Å². The van der Waals surface area contributed by atoms with Crippen LogP contribution in [-0.2, 0) is 27.6 Å². The number of halogens is 2. The van der Waals surface area contributed by atoms with Crippen LogP contribution in [0.3, 0.4) is 0 Å². The maximum Gasteiger partial charge on any atom is 0.340 e. The van der Waals surface area contributed by atoms with Gasteiger partial charge in [0.2, 0.25) is 0 Å². The molecule has 1 N–H and O–H groups in total. The van der Waals surface area contributed by atoms with E-state index in [-0.39, 0.29) is 16.3 Å². The van der Waals surface area contributed by atoms with Crippen LogP contribution in [-0.4, -0.2) is 21.5 Å². The molecule has 138 valence electrons. The summed E-state index contributed by atoms with van der Waals surface area (Å²) in [5.74, 6) is -1.67. The van der Waals surface area contributed by atoms with Crippen molar-refractivity contribution in [2.75, 3.05) is 11.8 Å². The lowest BCUT2D eigenvalue weighted by molar-refractivity contribution is 0.0600. The van der Waals surface area contributed by atoms with Gasteiger partial charge in [-0.2, -0.15) is 0 Å². The zero-order valence-electron chi connectivity index (χ0n) is 14.0. The van der Waals surface area contributed by atoms with Crippen LogP contribution in [0.5, 0.6) is 0 Å². The lowest BCUT2D eigenvalue weighted by atomic mass is 9.87. The first-order valence-electron chi connectivity index (χ1n) is 8.05. The van der Waals surface area contributed by atoms with E-state index in [2.05, 4.69) is 4.72 Å². The normalized spacial score (nSPS) is 13.8. The lowest BCUT2D eigenvalue weighted by Gasteiger charge is -2.21. The lowest BCUT2D eigenvalue weighted by Crippen LogP contribution is -2.20. The zero-order valence-corrected chi connectivity index (χ0v) is 15.6. The van der Waals surface area contributed by atoms with Crippen LogP contribution < -0.4 is 4.72 Å². The van der Waals surface area contributed by atoms with Crippen molar-refractivity contribution in [1.82, 2.24) is 0 Å². The SMILES string of the molecule is COC(=O)c1c(NS(=O)(=O)c2cccc(Cl)c2F)ccc2c1CCCC2. The Morgan fingerprint density at radius 2 is 1.92 bits per heavy atom. The molecule has 0 fully saturated rings. The smallest absolute Gasteiger partial charge is 0.340 e. The van der Waals surface area contributed by atoms with E-state index in [1.807, 2.05) is 0 Å². The molecule has 0 radical (unpaired) electrons. The van der Waals surface area contributed by atoms with Gasteiger partial charge in [-0.1, -0.05) is 23.7 Å². The quantitative estimate of drug-likeness (QED) is 0.793. The maximum atomic E-state index is 14.2. The van der Waals surface area contributed by atoms with Crippen molar-refractivity contribution in [3.8, 4) is 0 Å². The Balaban J connectivity index is 2.10. The summed E-state index contributed by atoms with van der Waals surface area (Å²) in [7, 11) is -3.04. The molecule has 2 aromatic carbocycles. The summed E-state index contributed by atoms with van der Waals surface area (Å²) in [4.78, 5) is 11.7. The van der Waals surface area contributed by atoms with Gasteiger partial charge in [-0.15, -0.1) is 0 Å². The first-order valence-corrected chi connectivity index (χ1v) is 9.91. The topological polar surface area (TPSA) is 72.5 Å². The third-order valence-electron chi connectivity index (χ3n) is 4.37. The molecule has 0 heterocycles. The molecule has 0 bridgehead atoms. The minimum absolute atomic E-state index is 0.0666. The minimum Gasteiger partial charge on any atom is -0.465 e. The molecule has 0 saturated carbocycles. The predicted octanol–water partition coefficient (Wildman–Crippen LogP) is 3.95. The second kappa shape index (κ2) is 7.25. The molecule has 0 atom stereocenters. The van der Waals surface area contributed by atoms with Crippen LogP contribution in [0.4, 0.5) is 10.1 Å². The summed E-state index contributed by atoms with van der Waals surface area (Å²) < 4.78 is 46.6.